The maximum Gasteiger partial charge on any atom is 0.231 e. The lowest BCUT2D eigenvalue weighted by atomic mass is 9.94. The minimum Gasteiger partial charge on any atom is -0.497 e. The number of hydrazone groups is 1. The Bertz CT molecular complexity index is 826. The van der Waals surface area contributed by atoms with Gasteiger partial charge in [-0.1, -0.05) is 42.5 Å². The molecule has 1 saturated carbocycles. The van der Waals surface area contributed by atoms with Crippen molar-refractivity contribution in [2.45, 2.75) is 24.3 Å². The van der Waals surface area contributed by atoms with Gasteiger partial charge in [0.15, 0.2) is 5.84 Å². The summed E-state index contributed by atoms with van der Waals surface area (Å²) >= 11 is 0. The van der Waals surface area contributed by atoms with E-state index in [-0.39, 0.29) is 14.8 Å². The number of amidine groups is 1. The third-order valence-electron chi connectivity index (χ3n) is 4.93. The first-order valence-corrected chi connectivity index (χ1v) is 8.57. The Labute approximate surface area is 154 Å². The van der Waals surface area contributed by atoms with Gasteiger partial charge in [-0.2, -0.15) is 0 Å². The quantitative estimate of drug-likeness (QED) is 0.637. The van der Waals surface area contributed by atoms with Gasteiger partial charge < -0.3 is 10.1 Å². The van der Waals surface area contributed by atoms with Crippen molar-refractivity contribution in [3.63, 3.8) is 0 Å². The summed E-state index contributed by atoms with van der Waals surface area (Å²) in [4.78, 5) is 13.2. The van der Waals surface area contributed by atoms with Crippen molar-refractivity contribution >= 4 is 11.7 Å². The van der Waals surface area contributed by atoms with Crippen LogP contribution in [-0.4, -0.2) is 18.9 Å². The summed E-state index contributed by atoms with van der Waals surface area (Å²) in [5.74, 6) is 1.41. The van der Waals surface area contributed by atoms with E-state index in [0.717, 1.165) is 29.7 Å². The molecule has 0 aromatic heterocycles. The molecular formula is C19H25N5O2. The summed E-state index contributed by atoms with van der Waals surface area (Å²) in [6.07, 6.45) is 1.67. The number of methoxy groups -OCH3 is 1. The third kappa shape index (κ3) is 2.97. The predicted molar refractivity (Wildman–Crippen MR) is 102 cm³/mol. The highest BCUT2D eigenvalue weighted by Crippen LogP contribution is 2.49. The van der Waals surface area contributed by atoms with Gasteiger partial charge in [-0.15, -0.1) is 10.6 Å². The lowest BCUT2D eigenvalue weighted by molar-refractivity contribution is -0.123. The number of rotatable bonds is 6. The van der Waals surface area contributed by atoms with E-state index in [4.69, 9.17) is 4.74 Å². The van der Waals surface area contributed by atoms with E-state index >= 15 is 0 Å². The third-order valence-corrected chi connectivity index (χ3v) is 4.93. The first-order chi connectivity index (χ1) is 12.7. The van der Waals surface area contributed by atoms with E-state index in [1.54, 1.807) is 7.11 Å². The van der Waals surface area contributed by atoms with Crippen LogP contribution >= 0.6 is 0 Å². The van der Waals surface area contributed by atoms with Gasteiger partial charge in [0.05, 0.1) is 12.5 Å². The second-order valence-electron chi connectivity index (χ2n) is 6.49. The topological polar surface area (TPSA) is 86.8 Å². The van der Waals surface area contributed by atoms with Crippen LogP contribution in [0.1, 0.15) is 32.9 Å². The molecule has 7 heteroatoms. The zero-order chi connectivity index (χ0) is 18.0. The lowest BCUT2D eigenvalue weighted by Gasteiger charge is -2.23. The van der Waals surface area contributed by atoms with E-state index in [9.17, 15) is 4.79 Å². The van der Waals surface area contributed by atoms with Gasteiger partial charge in [-0.25, -0.2) is 5.53 Å². The van der Waals surface area contributed by atoms with Gasteiger partial charge in [-0.05, 0) is 36.1 Å². The molecule has 2 aromatic carbocycles. The highest BCUT2D eigenvalue weighted by molar-refractivity contribution is 5.97. The standard InChI is InChI=1S/C19H21N5O2.2H2/c1-26-15-9-7-14(8-10-15)19(11-12-19)18(25)20-16(17-21-23-24-22-17)13-5-3-2-4-6-13;;/h2-10,16,23-24H,11-12H2,1H3,(H,20,25)(H,21,22);2*1H. The molecule has 1 aliphatic carbocycles. The second kappa shape index (κ2) is 6.68. The first-order valence-electron chi connectivity index (χ1n) is 8.57. The SMILES string of the molecule is COc1ccc(C2(C(=O)NC(C3=NNNN3)c3ccccc3)CC2)cc1.[HH].[HH]. The highest BCUT2D eigenvalue weighted by atomic mass is 16.5. The van der Waals surface area contributed by atoms with Crippen molar-refractivity contribution < 1.29 is 12.4 Å². The number of nitrogens with zero attached hydrogens (tertiary/aromatic N) is 1. The summed E-state index contributed by atoms with van der Waals surface area (Å²) in [6.45, 7) is 0. The largest absolute Gasteiger partial charge is 0.497 e. The zero-order valence-corrected chi connectivity index (χ0v) is 14.5. The fourth-order valence-corrected chi connectivity index (χ4v) is 3.25. The fraction of sp³-hybridized carbons (Fsp3) is 0.263. The molecule has 138 valence electrons. The molecule has 1 fully saturated rings. The summed E-state index contributed by atoms with van der Waals surface area (Å²) in [6, 6.07) is 17.2. The smallest absolute Gasteiger partial charge is 0.231 e. The first kappa shape index (κ1) is 16.4. The molecule has 2 aliphatic rings. The highest BCUT2D eigenvalue weighted by Gasteiger charge is 2.52. The Morgan fingerprint density at radius 2 is 1.92 bits per heavy atom. The van der Waals surface area contributed by atoms with Crippen LogP contribution in [0.3, 0.4) is 0 Å². The van der Waals surface area contributed by atoms with Crippen molar-refractivity contribution in [2.24, 2.45) is 5.10 Å². The van der Waals surface area contributed by atoms with Crippen molar-refractivity contribution in [2.75, 3.05) is 7.11 Å². The van der Waals surface area contributed by atoms with Gasteiger partial charge in [0, 0.05) is 2.85 Å². The number of hydrogen-bond acceptors (Lipinski definition) is 6. The molecule has 0 bridgehead atoms. The zero-order valence-electron chi connectivity index (χ0n) is 14.5. The van der Waals surface area contributed by atoms with Crippen LogP contribution in [-0.2, 0) is 10.2 Å². The summed E-state index contributed by atoms with van der Waals surface area (Å²) in [7, 11) is 1.64. The van der Waals surface area contributed by atoms with Crippen LogP contribution in [0.2, 0.25) is 0 Å². The number of hydrazine groups is 2. The molecule has 1 atom stereocenters. The van der Waals surface area contributed by atoms with E-state index in [0.29, 0.717) is 5.84 Å². The summed E-state index contributed by atoms with van der Waals surface area (Å²) in [5, 5.41) is 7.34. The molecule has 2 aromatic rings. The maximum absolute atomic E-state index is 13.2. The van der Waals surface area contributed by atoms with Crippen LogP contribution in [0.15, 0.2) is 59.7 Å². The van der Waals surface area contributed by atoms with Crippen molar-refractivity contribution in [1.29, 1.82) is 0 Å². The monoisotopic (exact) mass is 355 g/mol. The number of amides is 1. The molecule has 0 saturated heterocycles. The van der Waals surface area contributed by atoms with Crippen molar-refractivity contribution in [1.82, 2.24) is 21.8 Å². The summed E-state index contributed by atoms with van der Waals surface area (Å²) in [5.41, 5.74) is 9.83. The van der Waals surface area contributed by atoms with E-state index in [1.165, 1.54) is 0 Å². The van der Waals surface area contributed by atoms with Crippen molar-refractivity contribution in [3.8, 4) is 5.75 Å². The van der Waals surface area contributed by atoms with Crippen LogP contribution in [0.25, 0.3) is 0 Å². The molecule has 4 N–H and O–H groups in total. The molecule has 7 nitrogen and oxygen atoms in total. The minimum atomic E-state index is -0.473. The normalized spacial score (nSPS) is 18.1. The van der Waals surface area contributed by atoms with Crippen molar-refractivity contribution in [3.05, 3.63) is 65.7 Å². The van der Waals surface area contributed by atoms with E-state index in [2.05, 4.69) is 26.9 Å². The average Bonchev–Trinajstić information content (AvgIpc) is 3.34. The van der Waals surface area contributed by atoms with Crippen LogP contribution in [0, 0.1) is 0 Å². The molecule has 1 aliphatic heterocycles. The van der Waals surface area contributed by atoms with Gasteiger partial charge in [-0.3, -0.25) is 10.2 Å². The van der Waals surface area contributed by atoms with Gasteiger partial charge in [0.25, 0.3) is 0 Å². The number of benzene rings is 2. The van der Waals surface area contributed by atoms with Gasteiger partial charge in [0.1, 0.15) is 11.8 Å². The van der Waals surface area contributed by atoms with Crippen LogP contribution in [0.5, 0.6) is 5.75 Å². The Kier molecular flexibility index (Phi) is 4.22. The van der Waals surface area contributed by atoms with Gasteiger partial charge >= 0.3 is 0 Å². The maximum atomic E-state index is 13.2. The Hall–Kier alpha value is -3.06. The number of carbonyl (C=O) groups excluding carboxylic acids is 1. The Balaban J connectivity index is 0.00000140. The van der Waals surface area contributed by atoms with E-state index in [1.807, 2.05) is 54.6 Å². The number of ether oxygens (including phenoxy) is 1. The molecule has 4 rings (SSSR count). The molecule has 26 heavy (non-hydrogen) atoms. The average molecular weight is 355 g/mol. The molecular weight excluding hydrogens is 330 g/mol. The van der Waals surface area contributed by atoms with E-state index < -0.39 is 5.41 Å². The Morgan fingerprint density at radius 1 is 1.19 bits per heavy atom. The lowest BCUT2D eigenvalue weighted by Crippen LogP contribution is -2.45. The molecule has 0 spiro atoms. The Morgan fingerprint density at radius 3 is 2.50 bits per heavy atom. The number of nitrogens with one attached hydrogen (secondary N) is 4. The fourth-order valence-electron chi connectivity index (χ4n) is 3.25. The molecule has 0 radical (unpaired) electrons. The minimum absolute atomic E-state index is 0. The van der Waals surface area contributed by atoms with Crippen LogP contribution in [0.4, 0.5) is 0 Å². The van der Waals surface area contributed by atoms with Gasteiger partial charge in [0.2, 0.25) is 5.91 Å². The number of hydrogen-bond donors (Lipinski definition) is 4. The second-order valence-corrected chi connectivity index (χ2v) is 6.49. The number of carbonyl (C=O) groups is 1. The molecule has 1 amide bonds. The summed E-state index contributed by atoms with van der Waals surface area (Å²) < 4.78 is 5.21. The predicted octanol–water partition coefficient (Wildman–Crippen LogP) is 2.00. The molecule has 1 unspecified atom stereocenters. The van der Waals surface area contributed by atoms with Crippen LogP contribution < -0.4 is 26.5 Å². The molecule has 1 heterocycles.